The Bertz CT molecular complexity index is 671. The van der Waals surface area contributed by atoms with Gasteiger partial charge in [-0.1, -0.05) is 6.07 Å². The molecule has 0 amide bonds. The molecule has 110 valence electrons. The van der Waals surface area contributed by atoms with Crippen LogP contribution in [0.3, 0.4) is 0 Å². The second-order valence-corrected chi connectivity index (χ2v) is 4.34. The van der Waals surface area contributed by atoms with Crippen molar-refractivity contribution in [3.8, 4) is 17.4 Å². The lowest BCUT2D eigenvalue weighted by Gasteiger charge is -2.12. The predicted octanol–water partition coefficient (Wildman–Crippen LogP) is 2.56. The van der Waals surface area contributed by atoms with Crippen LogP contribution in [0.4, 0.5) is 5.69 Å². The largest absolute Gasteiger partial charge is 0.493 e. The number of pyridine rings is 1. The highest BCUT2D eigenvalue weighted by Crippen LogP contribution is 2.33. The number of carbonyl (C=O) groups is 1. The van der Waals surface area contributed by atoms with Crippen LogP contribution in [0.5, 0.6) is 17.4 Å². The summed E-state index contributed by atoms with van der Waals surface area (Å²) in [5.74, 6) is 0.583. The molecule has 2 rings (SSSR count). The Morgan fingerprint density at radius 1 is 1.14 bits per heavy atom. The van der Waals surface area contributed by atoms with Crippen molar-refractivity contribution in [1.82, 2.24) is 4.98 Å². The molecule has 21 heavy (non-hydrogen) atoms. The number of carbonyl (C=O) groups excluding carboxylic acids is 1. The lowest BCUT2D eigenvalue weighted by molar-refractivity contribution is 0.0593. The monoisotopic (exact) mass is 288 g/mol. The van der Waals surface area contributed by atoms with Gasteiger partial charge in [0, 0.05) is 0 Å². The highest BCUT2D eigenvalue weighted by Gasteiger charge is 2.14. The molecule has 0 atom stereocenters. The van der Waals surface area contributed by atoms with Gasteiger partial charge in [0.1, 0.15) is 0 Å². The van der Waals surface area contributed by atoms with E-state index in [1.54, 1.807) is 13.2 Å². The van der Waals surface area contributed by atoms with Gasteiger partial charge in [-0.2, -0.15) is 0 Å². The highest BCUT2D eigenvalue weighted by atomic mass is 16.5. The molecule has 0 spiro atoms. The third-order valence-electron chi connectivity index (χ3n) is 2.81. The summed E-state index contributed by atoms with van der Waals surface area (Å²) < 4.78 is 15.5. The topological polar surface area (TPSA) is 83.7 Å². The van der Waals surface area contributed by atoms with Crippen LogP contribution in [0.2, 0.25) is 0 Å². The third-order valence-corrected chi connectivity index (χ3v) is 2.81. The van der Waals surface area contributed by atoms with Gasteiger partial charge in [0.2, 0.25) is 5.88 Å². The first kappa shape index (κ1) is 14.6. The molecule has 0 saturated heterocycles. The summed E-state index contributed by atoms with van der Waals surface area (Å²) >= 11 is 0. The van der Waals surface area contributed by atoms with E-state index in [0.29, 0.717) is 17.2 Å². The Labute approximate surface area is 122 Å². The van der Waals surface area contributed by atoms with Crippen molar-refractivity contribution < 1.29 is 19.0 Å². The van der Waals surface area contributed by atoms with Gasteiger partial charge in [-0.3, -0.25) is 0 Å². The number of hydrogen-bond acceptors (Lipinski definition) is 6. The van der Waals surface area contributed by atoms with Crippen LogP contribution in [0.1, 0.15) is 16.1 Å². The SMILES string of the molecule is COC(=O)c1ccc(N)c(Oc2ccc(C)cc2OC)n1. The molecule has 1 aromatic heterocycles. The van der Waals surface area contributed by atoms with Gasteiger partial charge in [-0.25, -0.2) is 9.78 Å². The Morgan fingerprint density at radius 3 is 2.57 bits per heavy atom. The van der Waals surface area contributed by atoms with Crippen molar-refractivity contribution in [2.45, 2.75) is 6.92 Å². The van der Waals surface area contributed by atoms with Gasteiger partial charge in [-0.15, -0.1) is 0 Å². The number of nitrogens with two attached hydrogens (primary N) is 1. The van der Waals surface area contributed by atoms with Crippen molar-refractivity contribution in [2.24, 2.45) is 0 Å². The van der Waals surface area contributed by atoms with Crippen LogP contribution < -0.4 is 15.2 Å². The fourth-order valence-electron chi connectivity index (χ4n) is 1.71. The maximum atomic E-state index is 11.5. The average molecular weight is 288 g/mol. The van der Waals surface area contributed by atoms with Crippen LogP contribution >= 0.6 is 0 Å². The number of esters is 1. The number of nitrogen functional groups attached to an aromatic ring is 1. The van der Waals surface area contributed by atoms with Crippen molar-refractivity contribution in [2.75, 3.05) is 20.0 Å². The summed E-state index contributed by atoms with van der Waals surface area (Å²) in [5.41, 5.74) is 7.28. The molecular weight excluding hydrogens is 272 g/mol. The molecule has 0 aliphatic rings. The first-order valence-corrected chi connectivity index (χ1v) is 6.22. The van der Waals surface area contributed by atoms with Crippen LogP contribution in [-0.4, -0.2) is 25.2 Å². The summed E-state index contributed by atoms with van der Waals surface area (Å²) in [4.78, 5) is 15.6. The second kappa shape index (κ2) is 6.13. The molecule has 2 aromatic rings. The standard InChI is InChI=1S/C15H16N2O4/c1-9-4-7-12(13(8-9)19-2)21-14-10(16)5-6-11(17-14)15(18)20-3/h4-8H,16H2,1-3H3. The molecule has 0 bridgehead atoms. The third kappa shape index (κ3) is 3.22. The lowest BCUT2D eigenvalue weighted by atomic mass is 10.2. The zero-order chi connectivity index (χ0) is 15.4. The molecule has 1 aromatic carbocycles. The van der Waals surface area contributed by atoms with E-state index >= 15 is 0 Å². The zero-order valence-electron chi connectivity index (χ0n) is 12.0. The molecule has 0 unspecified atom stereocenters. The molecule has 0 aliphatic carbocycles. The quantitative estimate of drug-likeness (QED) is 0.870. The van der Waals surface area contributed by atoms with E-state index in [4.69, 9.17) is 15.2 Å². The fourth-order valence-corrected chi connectivity index (χ4v) is 1.71. The minimum Gasteiger partial charge on any atom is -0.493 e. The summed E-state index contributed by atoms with van der Waals surface area (Å²) in [5, 5.41) is 0. The molecular formula is C15H16N2O4. The van der Waals surface area contributed by atoms with Crippen molar-refractivity contribution in [3.05, 3.63) is 41.6 Å². The van der Waals surface area contributed by atoms with Crippen LogP contribution in [-0.2, 0) is 4.74 Å². The van der Waals surface area contributed by atoms with Crippen molar-refractivity contribution in [1.29, 1.82) is 0 Å². The summed E-state index contributed by atoms with van der Waals surface area (Å²) in [7, 11) is 2.83. The molecule has 0 aliphatic heterocycles. The van der Waals surface area contributed by atoms with Gasteiger partial charge in [0.15, 0.2) is 17.2 Å². The van der Waals surface area contributed by atoms with E-state index in [1.165, 1.54) is 19.2 Å². The van der Waals surface area contributed by atoms with Crippen molar-refractivity contribution >= 4 is 11.7 Å². The highest BCUT2D eigenvalue weighted by molar-refractivity contribution is 5.87. The Kier molecular flexibility index (Phi) is 4.27. The maximum Gasteiger partial charge on any atom is 0.356 e. The molecule has 0 fully saturated rings. The van der Waals surface area contributed by atoms with Gasteiger partial charge < -0.3 is 19.9 Å². The summed E-state index contributed by atoms with van der Waals surface area (Å²) in [6.45, 7) is 1.94. The smallest absolute Gasteiger partial charge is 0.356 e. The van der Waals surface area contributed by atoms with Gasteiger partial charge in [-0.05, 0) is 36.8 Å². The lowest BCUT2D eigenvalue weighted by Crippen LogP contribution is -2.06. The van der Waals surface area contributed by atoms with Crippen LogP contribution in [0.25, 0.3) is 0 Å². The summed E-state index contributed by atoms with van der Waals surface area (Å²) in [6.07, 6.45) is 0. The maximum absolute atomic E-state index is 11.5. The molecule has 6 nitrogen and oxygen atoms in total. The Balaban J connectivity index is 2.37. The molecule has 6 heteroatoms. The molecule has 1 heterocycles. The average Bonchev–Trinajstić information content (AvgIpc) is 2.50. The van der Waals surface area contributed by atoms with Crippen LogP contribution in [0.15, 0.2) is 30.3 Å². The van der Waals surface area contributed by atoms with E-state index in [0.717, 1.165) is 5.56 Å². The molecule has 0 radical (unpaired) electrons. The minimum absolute atomic E-state index is 0.118. The second-order valence-electron chi connectivity index (χ2n) is 4.34. The fraction of sp³-hybridized carbons (Fsp3) is 0.200. The van der Waals surface area contributed by atoms with Crippen LogP contribution in [0, 0.1) is 6.92 Å². The number of aryl methyl sites for hydroxylation is 1. The van der Waals surface area contributed by atoms with Gasteiger partial charge in [0.25, 0.3) is 0 Å². The number of nitrogens with zero attached hydrogens (tertiary/aromatic N) is 1. The Hall–Kier alpha value is -2.76. The predicted molar refractivity (Wildman–Crippen MR) is 77.8 cm³/mol. The number of rotatable bonds is 4. The van der Waals surface area contributed by atoms with E-state index in [-0.39, 0.29) is 11.6 Å². The number of anilines is 1. The van der Waals surface area contributed by atoms with E-state index in [9.17, 15) is 4.79 Å². The van der Waals surface area contributed by atoms with E-state index in [1.807, 2.05) is 19.1 Å². The molecule has 0 saturated carbocycles. The minimum atomic E-state index is -0.560. The molecule has 2 N–H and O–H groups in total. The zero-order valence-corrected chi connectivity index (χ0v) is 12.0. The number of aromatic nitrogens is 1. The number of hydrogen-bond donors (Lipinski definition) is 1. The van der Waals surface area contributed by atoms with E-state index in [2.05, 4.69) is 9.72 Å². The first-order valence-electron chi connectivity index (χ1n) is 6.22. The normalized spacial score (nSPS) is 10.0. The first-order chi connectivity index (χ1) is 10.0. The number of methoxy groups -OCH3 is 2. The number of benzene rings is 1. The number of ether oxygens (including phenoxy) is 3. The van der Waals surface area contributed by atoms with E-state index < -0.39 is 5.97 Å². The Morgan fingerprint density at radius 2 is 1.90 bits per heavy atom. The summed E-state index contributed by atoms with van der Waals surface area (Å²) in [6, 6.07) is 8.46. The van der Waals surface area contributed by atoms with Crippen molar-refractivity contribution in [3.63, 3.8) is 0 Å². The van der Waals surface area contributed by atoms with Gasteiger partial charge in [0.05, 0.1) is 19.9 Å². The van der Waals surface area contributed by atoms with Gasteiger partial charge >= 0.3 is 5.97 Å².